The molecule has 0 N–H and O–H groups in total. The Labute approximate surface area is 171 Å². The standard InChI is InChI=1S/C23H26N4O2/c1-29-14-13-26(17-20-9-5-6-11-24-20)23(28)19-10-12-27-21(15-19)16-25-22(27)18-7-3-2-4-8-18/h2-9,11,16,19H,10,12-15,17H2,1H3/t19-/m0/s1. The van der Waals surface area contributed by atoms with Crippen molar-refractivity contribution in [3.63, 3.8) is 0 Å². The normalized spacial score (nSPS) is 15.7. The van der Waals surface area contributed by atoms with Gasteiger partial charge in [-0.15, -0.1) is 0 Å². The topological polar surface area (TPSA) is 60.2 Å². The number of pyridine rings is 1. The van der Waals surface area contributed by atoms with Crippen LogP contribution in [0.25, 0.3) is 11.4 Å². The average Bonchev–Trinajstić information content (AvgIpc) is 3.21. The molecule has 0 unspecified atom stereocenters. The fraction of sp³-hybridized carbons (Fsp3) is 0.348. The van der Waals surface area contributed by atoms with Gasteiger partial charge in [-0.1, -0.05) is 36.4 Å². The van der Waals surface area contributed by atoms with E-state index < -0.39 is 0 Å². The highest BCUT2D eigenvalue weighted by Crippen LogP contribution is 2.28. The molecule has 0 saturated heterocycles. The molecule has 0 saturated carbocycles. The minimum atomic E-state index is -0.0385. The highest BCUT2D eigenvalue weighted by molar-refractivity contribution is 5.79. The molecule has 29 heavy (non-hydrogen) atoms. The van der Waals surface area contributed by atoms with E-state index in [1.165, 1.54) is 0 Å². The summed E-state index contributed by atoms with van der Waals surface area (Å²) in [6.45, 7) is 2.39. The number of ether oxygens (including phenoxy) is 1. The van der Waals surface area contributed by atoms with Gasteiger partial charge in [-0.3, -0.25) is 9.78 Å². The smallest absolute Gasteiger partial charge is 0.226 e. The number of aromatic nitrogens is 3. The number of benzene rings is 1. The molecule has 3 aromatic rings. The quantitative estimate of drug-likeness (QED) is 0.622. The lowest BCUT2D eigenvalue weighted by atomic mass is 9.94. The van der Waals surface area contributed by atoms with Gasteiger partial charge in [0.25, 0.3) is 0 Å². The number of methoxy groups -OCH3 is 1. The molecule has 0 aliphatic carbocycles. The Balaban J connectivity index is 1.49. The maximum Gasteiger partial charge on any atom is 0.226 e. The van der Waals surface area contributed by atoms with Crippen LogP contribution in [0, 0.1) is 5.92 Å². The van der Waals surface area contributed by atoms with Crippen LogP contribution in [0.5, 0.6) is 0 Å². The summed E-state index contributed by atoms with van der Waals surface area (Å²) in [5.41, 5.74) is 3.13. The van der Waals surface area contributed by atoms with E-state index in [0.29, 0.717) is 26.1 Å². The Kier molecular flexibility index (Phi) is 6.00. The molecule has 0 radical (unpaired) electrons. The van der Waals surface area contributed by atoms with Gasteiger partial charge in [0.05, 0.1) is 18.8 Å². The van der Waals surface area contributed by atoms with E-state index in [1.807, 2.05) is 47.5 Å². The van der Waals surface area contributed by atoms with Crippen LogP contribution in [0.15, 0.2) is 60.9 Å². The second kappa shape index (κ2) is 9.01. The molecular formula is C23H26N4O2. The number of rotatable bonds is 7. The zero-order valence-corrected chi connectivity index (χ0v) is 16.7. The number of imidazole rings is 1. The van der Waals surface area contributed by atoms with Crippen molar-refractivity contribution >= 4 is 5.91 Å². The number of carbonyl (C=O) groups is 1. The first kappa shape index (κ1) is 19.3. The molecule has 2 aromatic heterocycles. The first-order chi connectivity index (χ1) is 14.3. The number of hydrogen-bond acceptors (Lipinski definition) is 4. The van der Waals surface area contributed by atoms with Crippen LogP contribution in [0.4, 0.5) is 0 Å². The maximum atomic E-state index is 13.3. The van der Waals surface area contributed by atoms with Crippen molar-refractivity contribution in [2.45, 2.75) is 25.9 Å². The molecule has 0 spiro atoms. The molecule has 1 aromatic carbocycles. The lowest BCUT2D eigenvalue weighted by molar-refractivity contribution is -0.137. The van der Waals surface area contributed by atoms with Gasteiger partial charge in [0.15, 0.2) is 0 Å². The number of fused-ring (bicyclic) bond motifs is 1. The number of carbonyl (C=O) groups excluding carboxylic acids is 1. The molecule has 150 valence electrons. The Morgan fingerprint density at radius 1 is 1.17 bits per heavy atom. The highest BCUT2D eigenvalue weighted by Gasteiger charge is 2.30. The molecule has 6 nitrogen and oxygen atoms in total. The summed E-state index contributed by atoms with van der Waals surface area (Å²) >= 11 is 0. The van der Waals surface area contributed by atoms with Gasteiger partial charge < -0.3 is 14.2 Å². The molecule has 3 heterocycles. The minimum Gasteiger partial charge on any atom is -0.383 e. The second-order valence-electron chi connectivity index (χ2n) is 7.35. The summed E-state index contributed by atoms with van der Waals surface area (Å²) in [4.78, 5) is 24.2. The Morgan fingerprint density at radius 2 is 2.00 bits per heavy atom. The third kappa shape index (κ3) is 4.38. The van der Waals surface area contributed by atoms with Crippen LogP contribution >= 0.6 is 0 Å². The van der Waals surface area contributed by atoms with Crippen LogP contribution in [0.3, 0.4) is 0 Å². The van der Waals surface area contributed by atoms with Crippen molar-refractivity contribution in [2.24, 2.45) is 5.92 Å². The second-order valence-corrected chi connectivity index (χ2v) is 7.35. The van der Waals surface area contributed by atoms with Gasteiger partial charge in [0.1, 0.15) is 5.82 Å². The van der Waals surface area contributed by atoms with Gasteiger partial charge in [-0.05, 0) is 18.6 Å². The average molecular weight is 390 g/mol. The van der Waals surface area contributed by atoms with E-state index in [-0.39, 0.29) is 11.8 Å². The highest BCUT2D eigenvalue weighted by atomic mass is 16.5. The van der Waals surface area contributed by atoms with Gasteiger partial charge in [0, 0.05) is 56.2 Å². The van der Waals surface area contributed by atoms with Gasteiger partial charge in [0.2, 0.25) is 5.91 Å². The molecule has 1 aliphatic rings. The molecule has 1 amide bonds. The largest absolute Gasteiger partial charge is 0.383 e. The van der Waals surface area contributed by atoms with E-state index in [0.717, 1.165) is 35.7 Å². The molecule has 1 atom stereocenters. The van der Waals surface area contributed by atoms with Crippen molar-refractivity contribution in [3.8, 4) is 11.4 Å². The number of nitrogens with zero attached hydrogens (tertiary/aromatic N) is 4. The zero-order valence-electron chi connectivity index (χ0n) is 16.7. The predicted molar refractivity (Wildman–Crippen MR) is 111 cm³/mol. The molecule has 1 aliphatic heterocycles. The summed E-state index contributed by atoms with van der Waals surface area (Å²) in [5, 5.41) is 0. The molecule has 0 fully saturated rings. The van der Waals surface area contributed by atoms with E-state index in [2.05, 4.69) is 26.7 Å². The summed E-state index contributed by atoms with van der Waals surface area (Å²) < 4.78 is 7.48. The van der Waals surface area contributed by atoms with Crippen molar-refractivity contribution in [3.05, 3.63) is 72.3 Å². The van der Waals surface area contributed by atoms with Gasteiger partial charge in [-0.2, -0.15) is 0 Å². The lowest BCUT2D eigenvalue weighted by Gasteiger charge is -2.30. The lowest BCUT2D eigenvalue weighted by Crippen LogP contribution is -2.40. The summed E-state index contributed by atoms with van der Waals surface area (Å²) in [5.74, 6) is 1.11. The van der Waals surface area contributed by atoms with E-state index >= 15 is 0 Å². The third-order valence-electron chi connectivity index (χ3n) is 5.43. The number of hydrogen-bond donors (Lipinski definition) is 0. The fourth-order valence-corrected chi connectivity index (χ4v) is 3.91. The molecular weight excluding hydrogens is 364 g/mol. The maximum absolute atomic E-state index is 13.3. The van der Waals surface area contributed by atoms with Crippen molar-refractivity contribution in [1.82, 2.24) is 19.4 Å². The monoisotopic (exact) mass is 390 g/mol. The van der Waals surface area contributed by atoms with Crippen LogP contribution in [-0.4, -0.2) is 45.6 Å². The van der Waals surface area contributed by atoms with Crippen molar-refractivity contribution in [2.75, 3.05) is 20.3 Å². The van der Waals surface area contributed by atoms with E-state index in [4.69, 9.17) is 4.74 Å². The Morgan fingerprint density at radius 3 is 2.76 bits per heavy atom. The van der Waals surface area contributed by atoms with Crippen molar-refractivity contribution < 1.29 is 9.53 Å². The summed E-state index contributed by atoms with van der Waals surface area (Å²) in [7, 11) is 1.66. The predicted octanol–water partition coefficient (Wildman–Crippen LogP) is 3.18. The Hall–Kier alpha value is -2.99. The first-order valence-corrected chi connectivity index (χ1v) is 10.0. The minimum absolute atomic E-state index is 0.0385. The summed E-state index contributed by atoms with van der Waals surface area (Å²) in [6.07, 6.45) is 5.21. The fourth-order valence-electron chi connectivity index (χ4n) is 3.91. The van der Waals surface area contributed by atoms with Crippen LogP contribution in [-0.2, 0) is 29.0 Å². The van der Waals surface area contributed by atoms with Crippen molar-refractivity contribution in [1.29, 1.82) is 0 Å². The van der Waals surface area contributed by atoms with Crippen LogP contribution < -0.4 is 0 Å². The molecule has 4 rings (SSSR count). The zero-order chi connectivity index (χ0) is 20.1. The molecule has 6 heteroatoms. The van der Waals surface area contributed by atoms with Crippen LogP contribution in [0.2, 0.25) is 0 Å². The van der Waals surface area contributed by atoms with E-state index in [1.54, 1.807) is 13.3 Å². The molecule has 0 bridgehead atoms. The summed E-state index contributed by atoms with van der Waals surface area (Å²) in [6, 6.07) is 16.0. The van der Waals surface area contributed by atoms with Gasteiger partial charge in [-0.25, -0.2) is 4.98 Å². The third-order valence-corrected chi connectivity index (χ3v) is 5.43. The van der Waals surface area contributed by atoms with E-state index in [9.17, 15) is 4.79 Å². The first-order valence-electron chi connectivity index (χ1n) is 10.0. The number of amides is 1. The van der Waals surface area contributed by atoms with Gasteiger partial charge >= 0.3 is 0 Å². The SMILES string of the molecule is COCCN(Cc1ccccn1)C(=O)[C@H]1CCn2c(cnc2-c2ccccc2)C1. The van der Waals surface area contributed by atoms with Crippen LogP contribution in [0.1, 0.15) is 17.8 Å². The Bertz CT molecular complexity index is 940.